The number of hydrogen-bond acceptors (Lipinski definition) is 4. The van der Waals surface area contributed by atoms with Crippen molar-refractivity contribution in [3.8, 4) is 23.0 Å². The van der Waals surface area contributed by atoms with Crippen LogP contribution in [-0.4, -0.2) is 34.6 Å². The zero-order chi connectivity index (χ0) is 20.8. The van der Waals surface area contributed by atoms with Crippen LogP contribution >= 0.6 is 9.24 Å². The van der Waals surface area contributed by atoms with Crippen LogP contribution in [0.15, 0.2) is 0 Å². The van der Waals surface area contributed by atoms with E-state index < -0.39 is 0 Å². The Bertz CT molecular complexity index is 560. The zero-order valence-corrected chi connectivity index (χ0v) is 19.9. The average Bonchev–Trinajstić information content (AvgIpc) is 2.71. The van der Waals surface area contributed by atoms with Crippen molar-refractivity contribution in [2.45, 2.75) is 77.6 Å². The third kappa shape index (κ3) is 7.35. The maximum Gasteiger partial charge on any atom is 0.207 e. The van der Waals surface area contributed by atoms with Crippen molar-refractivity contribution in [2.24, 2.45) is 0 Å². The lowest BCUT2D eigenvalue weighted by Crippen LogP contribution is -2.05. The molecule has 0 aliphatic heterocycles. The monoisotopic (exact) mass is 412 g/mol. The van der Waals surface area contributed by atoms with Crippen LogP contribution < -0.4 is 18.9 Å². The first-order chi connectivity index (χ1) is 13.7. The van der Waals surface area contributed by atoms with Gasteiger partial charge in [-0.2, -0.15) is 0 Å². The second-order valence-electron chi connectivity index (χ2n) is 7.31. The fourth-order valence-corrected chi connectivity index (χ4v) is 4.10. The van der Waals surface area contributed by atoms with E-state index in [1.807, 2.05) is 0 Å². The highest BCUT2D eigenvalue weighted by Crippen LogP contribution is 2.49. The number of benzene rings is 1. The van der Waals surface area contributed by atoms with Gasteiger partial charge in [0, 0.05) is 11.1 Å². The van der Waals surface area contributed by atoms with E-state index in [0.29, 0.717) is 11.5 Å². The van der Waals surface area contributed by atoms with Crippen LogP contribution in [0.2, 0.25) is 0 Å². The molecule has 1 unspecified atom stereocenters. The molecule has 4 nitrogen and oxygen atoms in total. The number of unbranched alkanes of at least 4 members (excludes halogenated alkanes) is 9. The molecular weight excluding hydrogens is 371 g/mol. The number of methoxy groups -OCH3 is 4. The fourth-order valence-electron chi connectivity index (χ4n) is 3.81. The Morgan fingerprint density at radius 3 is 1.36 bits per heavy atom. The molecule has 0 radical (unpaired) electrons. The predicted molar refractivity (Wildman–Crippen MR) is 122 cm³/mol. The van der Waals surface area contributed by atoms with E-state index in [4.69, 9.17) is 18.9 Å². The van der Waals surface area contributed by atoms with E-state index >= 15 is 0 Å². The lowest BCUT2D eigenvalue weighted by molar-refractivity contribution is 0.302. The van der Waals surface area contributed by atoms with Gasteiger partial charge in [-0.25, -0.2) is 0 Å². The lowest BCUT2D eigenvalue weighted by Gasteiger charge is -2.21. The minimum Gasteiger partial charge on any atom is -0.492 e. The van der Waals surface area contributed by atoms with Gasteiger partial charge in [0.2, 0.25) is 11.5 Å². The molecule has 1 atom stereocenters. The number of ether oxygens (including phenoxy) is 4. The SMILES string of the molecule is COc1c(C)c(CCCCCCCCCCCCP)c(OC)c(OC)c1OC. The van der Waals surface area contributed by atoms with E-state index in [1.54, 1.807) is 28.4 Å². The van der Waals surface area contributed by atoms with Gasteiger partial charge in [0.05, 0.1) is 28.4 Å². The van der Waals surface area contributed by atoms with Gasteiger partial charge in [-0.3, -0.25) is 0 Å². The first kappa shape index (κ1) is 24.9. The standard InChI is InChI=1S/C23H41O4P/c1-18-19(16-14-12-10-8-6-7-9-11-13-15-17-28)21(25-3)23(27-5)22(26-4)20(18)24-2/h6-17,28H2,1-5H3. The molecule has 5 heteroatoms. The highest BCUT2D eigenvalue weighted by Gasteiger charge is 2.24. The normalized spacial score (nSPS) is 10.8. The molecule has 0 fully saturated rings. The van der Waals surface area contributed by atoms with Gasteiger partial charge in [-0.15, -0.1) is 9.24 Å². The summed E-state index contributed by atoms with van der Waals surface area (Å²) in [4.78, 5) is 0. The summed E-state index contributed by atoms with van der Waals surface area (Å²) >= 11 is 0. The Balaban J connectivity index is 2.51. The zero-order valence-electron chi connectivity index (χ0n) is 18.7. The van der Waals surface area contributed by atoms with Gasteiger partial charge >= 0.3 is 0 Å². The van der Waals surface area contributed by atoms with E-state index in [9.17, 15) is 0 Å². The summed E-state index contributed by atoms with van der Waals surface area (Å²) < 4.78 is 22.4. The summed E-state index contributed by atoms with van der Waals surface area (Å²) in [5.74, 6) is 2.71. The van der Waals surface area contributed by atoms with E-state index in [1.165, 1.54) is 63.9 Å². The van der Waals surface area contributed by atoms with Crippen LogP contribution in [-0.2, 0) is 6.42 Å². The molecule has 1 aromatic rings. The largest absolute Gasteiger partial charge is 0.492 e. The lowest BCUT2D eigenvalue weighted by atomic mass is 9.98. The molecular formula is C23H41O4P. The third-order valence-corrected chi connectivity index (χ3v) is 5.79. The van der Waals surface area contributed by atoms with Crippen molar-refractivity contribution < 1.29 is 18.9 Å². The Kier molecular flexibility index (Phi) is 13.1. The molecule has 0 amide bonds. The van der Waals surface area contributed by atoms with Gasteiger partial charge in [0.15, 0.2) is 11.5 Å². The molecule has 1 rings (SSSR count). The Hall–Kier alpha value is -1.15. The molecule has 1 aromatic carbocycles. The smallest absolute Gasteiger partial charge is 0.207 e. The molecule has 0 spiro atoms. The Labute approximate surface area is 174 Å². The molecule has 0 N–H and O–H groups in total. The van der Waals surface area contributed by atoms with Crippen LogP contribution in [0.25, 0.3) is 0 Å². The molecule has 162 valence electrons. The second-order valence-corrected chi connectivity index (χ2v) is 7.89. The summed E-state index contributed by atoms with van der Waals surface area (Å²) in [6, 6.07) is 0. The first-order valence-corrected chi connectivity index (χ1v) is 11.5. The van der Waals surface area contributed by atoms with Crippen molar-refractivity contribution in [3.63, 3.8) is 0 Å². The number of hydrogen-bond donors (Lipinski definition) is 0. The molecule has 0 aliphatic rings. The maximum absolute atomic E-state index is 5.68. The second kappa shape index (κ2) is 14.8. The minimum absolute atomic E-state index is 0.598. The van der Waals surface area contributed by atoms with Crippen LogP contribution in [0.1, 0.15) is 75.3 Å². The van der Waals surface area contributed by atoms with E-state index in [0.717, 1.165) is 35.5 Å². The molecule has 0 aromatic heterocycles. The van der Waals surface area contributed by atoms with Gasteiger partial charge in [0.1, 0.15) is 0 Å². The quantitative estimate of drug-likeness (QED) is 0.234. The van der Waals surface area contributed by atoms with Crippen molar-refractivity contribution in [3.05, 3.63) is 11.1 Å². The third-order valence-electron chi connectivity index (χ3n) is 5.38. The predicted octanol–water partition coefficient (Wildman–Crippen LogP) is 6.35. The van der Waals surface area contributed by atoms with E-state index in [2.05, 4.69) is 16.2 Å². The van der Waals surface area contributed by atoms with Crippen LogP contribution in [0.3, 0.4) is 0 Å². The van der Waals surface area contributed by atoms with Crippen LogP contribution in [0.4, 0.5) is 0 Å². The topological polar surface area (TPSA) is 36.9 Å². The van der Waals surface area contributed by atoms with Crippen molar-refractivity contribution in [2.75, 3.05) is 34.6 Å². The van der Waals surface area contributed by atoms with Gasteiger partial charge in [-0.05, 0) is 32.3 Å². The van der Waals surface area contributed by atoms with Crippen molar-refractivity contribution in [1.82, 2.24) is 0 Å². The summed E-state index contributed by atoms with van der Waals surface area (Å²) in [7, 11) is 9.44. The maximum atomic E-state index is 5.68. The average molecular weight is 413 g/mol. The molecule has 0 aliphatic carbocycles. The molecule has 28 heavy (non-hydrogen) atoms. The van der Waals surface area contributed by atoms with Gasteiger partial charge < -0.3 is 18.9 Å². The Morgan fingerprint density at radius 1 is 0.536 bits per heavy atom. The molecule has 0 heterocycles. The summed E-state index contributed by atoms with van der Waals surface area (Å²) in [5.41, 5.74) is 2.23. The molecule has 0 saturated heterocycles. The minimum atomic E-state index is 0.598. The number of rotatable bonds is 16. The van der Waals surface area contributed by atoms with E-state index in [-0.39, 0.29) is 0 Å². The van der Waals surface area contributed by atoms with Crippen molar-refractivity contribution in [1.29, 1.82) is 0 Å². The van der Waals surface area contributed by atoms with Crippen LogP contribution in [0, 0.1) is 6.92 Å². The van der Waals surface area contributed by atoms with Crippen molar-refractivity contribution >= 4 is 9.24 Å². The summed E-state index contributed by atoms with van der Waals surface area (Å²) in [5, 5.41) is 0. The first-order valence-electron chi connectivity index (χ1n) is 10.7. The summed E-state index contributed by atoms with van der Waals surface area (Å²) in [6.45, 7) is 2.07. The van der Waals surface area contributed by atoms with Gasteiger partial charge in [-0.1, -0.05) is 51.4 Å². The van der Waals surface area contributed by atoms with Crippen LogP contribution in [0.5, 0.6) is 23.0 Å². The highest BCUT2D eigenvalue weighted by atomic mass is 31.0. The fraction of sp³-hybridized carbons (Fsp3) is 0.739. The van der Waals surface area contributed by atoms with Gasteiger partial charge in [0.25, 0.3) is 0 Å². The highest BCUT2D eigenvalue weighted by molar-refractivity contribution is 7.16. The Morgan fingerprint density at radius 2 is 0.929 bits per heavy atom. The summed E-state index contributed by atoms with van der Waals surface area (Å²) in [6.07, 6.45) is 15.5. The molecule has 0 bridgehead atoms. The molecule has 0 saturated carbocycles.